The minimum absolute atomic E-state index is 0.109. The summed E-state index contributed by atoms with van der Waals surface area (Å²) < 4.78 is 6.43. The van der Waals surface area contributed by atoms with Gasteiger partial charge < -0.3 is 15.2 Å². The van der Waals surface area contributed by atoms with Crippen molar-refractivity contribution in [1.82, 2.24) is 5.32 Å². The maximum absolute atomic E-state index is 11.2. The maximum atomic E-state index is 11.2. The Bertz CT molecular complexity index is 540. The topological polar surface area (TPSA) is 75.6 Å². The number of benzene rings is 1. The zero-order valence-corrected chi connectivity index (χ0v) is 12.9. The van der Waals surface area contributed by atoms with Crippen LogP contribution in [0.2, 0.25) is 0 Å². The molecule has 0 radical (unpaired) electrons. The second-order valence-corrected chi connectivity index (χ2v) is 5.00. The van der Waals surface area contributed by atoms with Crippen molar-refractivity contribution in [2.45, 2.75) is 13.3 Å². The van der Waals surface area contributed by atoms with E-state index < -0.39 is 5.97 Å². The van der Waals surface area contributed by atoms with Crippen LogP contribution in [0, 0.1) is 6.92 Å². The predicted molar refractivity (Wildman–Crippen MR) is 79.7 cm³/mol. The number of hydrogen-bond donors (Lipinski definition) is 2. The molecule has 2 N–H and O–H groups in total. The average molecular weight is 342 g/mol. The van der Waals surface area contributed by atoms with E-state index in [1.54, 1.807) is 13.1 Å². The van der Waals surface area contributed by atoms with Gasteiger partial charge in [0.1, 0.15) is 5.75 Å². The van der Waals surface area contributed by atoms with E-state index >= 15 is 0 Å². The monoisotopic (exact) mass is 341 g/mol. The highest BCUT2D eigenvalue weighted by Crippen LogP contribution is 2.29. The second kappa shape index (κ2) is 7.69. The Morgan fingerprint density at radius 3 is 2.75 bits per heavy atom. The number of carboxylic acid groups (broad SMARTS) is 1. The molecule has 0 atom stereocenters. The van der Waals surface area contributed by atoms with Crippen molar-refractivity contribution in [3.05, 3.63) is 33.8 Å². The lowest BCUT2D eigenvalue weighted by Crippen LogP contribution is -2.20. The number of halogens is 1. The van der Waals surface area contributed by atoms with E-state index in [1.165, 1.54) is 6.08 Å². The molecule has 0 fully saturated rings. The van der Waals surface area contributed by atoms with Crippen LogP contribution in [0.4, 0.5) is 0 Å². The smallest absolute Gasteiger partial charge is 0.328 e. The van der Waals surface area contributed by atoms with Crippen molar-refractivity contribution in [2.24, 2.45) is 0 Å². The molecule has 0 aliphatic heterocycles. The summed E-state index contributed by atoms with van der Waals surface area (Å²) >= 11 is 3.36. The summed E-state index contributed by atoms with van der Waals surface area (Å²) in [6, 6.07) is 3.63. The molecule has 1 amide bonds. The number of hydrogen-bond acceptors (Lipinski definition) is 3. The SMILES string of the molecule is CNC(=O)CCOc1c(C)cc(Br)cc1/C=C/C(=O)O. The van der Waals surface area contributed by atoms with E-state index in [1.807, 2.05) is 13.0 Å². The molecule has 0 saturated heterocycles. The average Bonchev–Trinajstić information content (AvgIpc) is 2.38. The van der Waals surface area contributed by atoms with E-state index in [4.69, 9.17) is 9.84 Å². The van der Waals surface area contributed by atoms with Gasteiger partial charge >= 0.3 is 5.97 Å². The number of carbonyl (C=O) groups excluding carboxylic acids is 1. The molecule has 108 valence electrons. The summed E-state index contributed by atoms with van der Waals surface area (Å²) in [5, 5.41) is 11.2. The quantitative estimate of drug-likeness (QED) is 0.779. The molecular formula is C14H16BrNO4. The number of aliphatic carboxylic acids is 1. The first-order valence-corrected chi connectivity index (χ1v) is 6.78. The summed E-state index contributed by atoms with van der Waals surface area (Å²) in [6.07, 6.45) is 2.76. The molecule has 0 bridgehead atoms. The van der Waals surface area contributed by atoms with Crippen LogP contribution in [0.5, 0.6) is 5.75 Å². The van der Waals surface area contributed by atoms with Crippen LogP contribution >= 0.6 is 15.9 Å². The van der Waals surface area contributed by atoms with Gasteiger partial charge in [0.05, 0.1) is 13.0 Å². The Balaban J connectivity index is 2.92. The van der Waals surface area contributed by atoms with Crippen LogP contribution in [0.25, 0.3) is 6.08 Å². The highest BCUT2D eigenvalue weighted by molar-refractivity contribution is 9.10. The van der Waals surface area contributed by atoms with Crippen molar-refractivity contribution in [1.29, 1.82) is 0 Å². The molecule has 6 heteroatoms. The van der Waals surface area contributed by atoms with Crippen molar-refractivity contribution >= 4 is 33.9 Å². The molecule has 1 aromatic rings. The summed E-state index contributed by atoms with van der Waals surface area (Å²) in [5.41, 5.74) is 1.51. The Morgan fingerprint density at radius 1 is 1.45 bits per heavy atom. The van der Waals surface area contributed by atoms with E-state index in [0.29, 0.717) is 11.3 Å². The van der Waals surface area contributed by atoms with Crippen LogP contribution in [0.3, 0.4) is 0 Å². The van der Waals surface area contributed by atoms with Crippen molar-refractivity contribution in [3.8, 4) is 5.75 Å². The predicted octanol–water partition coefficient (Wildman–Crippen LogP) is 2.37. The number of rotatable bonds is 6. The molecule has 0 heterocycles. The van der Waals surface area contributed by atoms with Gasteiger partial charge in [-0.2, -0.15) is 0 Å². The largest absolute Gasteiger partial charge is 0.492 e. The molecule has 0 spiro atoms. The molecule has 5 nitrogen and oxygen atoms in total. The minimum atomic E-state index is -1.03. The minimum Gasteiger partial charge on any atom is -0.492 e. The van der Waals surface area contributed by atoms with Crippen LogP contribution in [0.1, 0.15) is 17.5 Å². The van der Waals surface area contributed by atoms with E-state index in [0.717, 1.165) is 16.1 Å². The van der Waals surface area contributed by atoms with E-state index in [-0.39, 0.29) is 18.9 Å². The molecule has 0 unspecified atom stereocenters. The van der Waals surface area contributed by atoms with Crippen LogP contribution in [0.15, 0.2) is 22.7 Å². The van der Waals surface area contributed by atoms with Gasteiger partial charge in [0.25, 0.3) is 0 Å². The normalized spacial score (nSPS) is 10.6. The third-order valence-electron chi connectivity index (χ3n) is 2.53. The Morgan fingerprint density at radius 2 is 2.15 bits per heavy atom. The molecule has 1 rings (SSSR count). The standard InChI is InChI=1S/C14H16BrNO4/c1-9-7-11(15)8-10(3-4-13(18)19)14(9)20-6-5-12(17)16-2/h3-4,7-8H,5-6H2,1-2H3,(H,16,17)(H,18,19)/b4-3+. The van der Waals surface area contributed by atoms with Gasteiger partial charge in [-0.25, -0.2) is 4.79 Å². The number of amides is 1. The molecular weight excluding hydrogens is 326 g/mol. The van der Waals surface area contributed by atoms with Crippen LogP contribution in [-0.2, 0) is 9.59 Å². The number of aryl methyl sites for hydroxylation is 1. The summed E-state index contributed by atoms with van der Waals surface area (Å²) in [5.74, 6) is -0.559. The zero-order valence-electron chi connectivity index (χ0n) is 11.3. The highest BCUT2D eigenvalue weighted by Gasteiger charge is 2.08. The fourth-order valence-corrected chi connectivity index (χ4v) is 2.20. The molecule has 0 aliphatic rings. The lowest BCUT2D eigenvalue weighted by Gasteiger charge is -2.12. The number of ether oxygens (including phenoxy) is 1. The lowest BCUT2D eigenvalue weighted by atomic mass is 10.1. The third kappa shape index (κ3) is 5.05. The maximum Gasteiger partial charge on any atom is 0.328 e. The summed E-state index contributed by atoms with van der Waals surface area (Å²) in [4.78, 5) is 21.8. The molecule has 1 aromatic carbocycles. The van der Waals surface area contributed by atoms with Gasteiger partial charge in [0.15, 0.2) is 0 Å². The van der Waals surface area contributed by atoms with E-state index in [9.17, 15) is 9.59 Å². The van der Waals surface area contributed by atoms with Crippen molar-refractivity contribution in [2.75, 3.05) is 13.7 Å². The summed E-state index contributed by atoms with van der Waals surface area (Å²) in [6.45, 7) is 2.09. The Labute approximate surface area is 125 Å². The number of carboxylic acids is 1. The molecule has 0 saturated carbocycles. The first kappa shape index (κ1) is 16.2. The second-order valence-electron chi connectivity index (χ2n) is 4.08. The van der Waals surface area contributed by atoms with Crippen LogP contribution < -0.4 is 10.1 Å². The molecule has 0 aromatic heterocycles. The molecule has 0 aliphatic carbocycles. The highest BCUT2D eigenvalue weighted by atomic mass is 79.9. The molecule has 20 heavy (non-hydrogen) atoms. The first-order valence-electron chi connectivity index (χ1n) is 5.98. The third-order valence-corrected chi connectivity index (χ3v) is 2.99. The van der Waals surface area contributed by atoms with Gasteiger partial charge in [0.2, 0.25) is 5.91 Å². The van der Waals surface area contributed by atoms with Gasteiger partial charge in [-0.15, -0.1) is 0 Å². The fourth-order valence-electron chi connectivity index (χ4n) is 1.61. The van der Waals surface area contributed by atoms with Gasteiger partial charge in [-0.05, 0) is 30.7 Å². The van der Waals surface area contributed by atoms with Gasteiger partial charge in [-0.3, -0.25) is 4.79 Å². The Kier molecular flexibility index (Phi) is 6.24. The number of nitrogens with one attached hydrogen (secondary N) is 1. The van der Waals surface area contributed by atoms with Crippen molar-refractivity contribution < 1.29 is 19.4 Å². The Hall–Kier alpha value is -1.82. The first-order chi connectivity index (χ1) is 9.43. The zero-order chi connectivity index (χ0) is 15.1. The lowest BCUT2D eigenvalue weighted by molar-refractivity contribution is -0.131. The summed E-state index contributed by atoms with van der Waals surface area (Å²) in [7, 11) is 1.56. The van der Waals surface area contributed by atoms with Gasteiger partial charge in [0, 0.05) is 23.2 Å². The number of carbonyl (C=O) groups is 2. The fraction of sp³-hybridized carbons (Fsp3) is 0.286. The van der Waals surface area contributed by atoms with Crippen molar-refractivity contribution in [3.63, 3.8) is 0 Å². The van der Waals surface area contributed by atoms with E-state index in [2.05, 4.69) is 21.2 Å². The van der Waals surface area contributed by atoms with Gasteiger partial charge in [-0.1, -0.05) is 15.9 Å². The van der Waals surface area contributed by atoms with Crippen LogP contribution in [-0.4, -0.2) is 30.6 Å².